The Kier molecular flexibility index (Phi) is 2.91. The molecule has 0 amide bonds. The summed E-state index contributed by atoms with van der Waals surface area (Å²) in [6.07, 6.45) is 0. The number of rotatable bonds is 1. The third-order valence-electron chi connectivity index (χ3n) is 2.31. The Bertz CT molecular complexity index is 321. The van der Waals surface area contributed by atoms with Gasteiger partial charge in [0.05, 0.1) is 5.37 Å². The molecule has 0 aliphatic carbocycles. The summed E-state index contributed by atoms with van der Waals surface area (Å²) in [5.41, 5.74) is 1.63. The summed E-state index contributed by atoms with van der Waals surface area (Å²) < 4.78 is 1.14. The van der Waals surface area contributed by atoms with E-state index in [0.29, 0.717) is 5.37 Å². The number of benzene rings is 1. The Hall–Kier alpha value is 0.01000. The predicted molar refractivity (Wildman–Crippen MR) is 66.6 cm³/mol. The monoisotopic (exact) mass is 271 g/mol. The van der Waals surface area contributed by atoms with E-state index in [-0.39, 0.29) is 5.54 Å². The number of nitrogens with one attached hydrogen (secondary N) is 1. The molecule has 1 aromatic rings. The second-order valence-corrected chi connectivity index (χ2v) is 6.28. The predicted octanol–water partition coefficient (Wildman–Crippen LogP) is 3.56. The summed E-state index contributed by atoms with van der Waals surface area (Å²) >= 11 is 5.43. The highest BCUT2D eigenvalue weighted by molar-refractivity contribution is 9.10. The Labute approximate surface area is 97.8 Å². The molecule has 1 fully saturated rings. The van der Waals surface area contributed by atoms with Crippen LogP contribution in [0.4, 0.5) is 0 Å². The first-order valence-electron chi connectivity index (χ1n) is 4.72. The maximum atomic E-state index is 3.61. The maximum Gasteiger partial charge on any atom is 0.0794 e. The number of hydrogen-bond acceptors (Lipinski definition) is 2. The molecule has 1 heterocycles. The number of thioether (sulfide) groups is 1. The Morgan fingerprint density at radius 3 is 2.50 bits per heavy atom. The summed E-state index contributed by atoms with van der Waals surface area (Å²) in [6.45, 7) is 4.50. The van der Waals surface area contributed by atoms with Crippen molar-refractivity contribution in [2.75, 3.05) is 5.75 Å². The standard InChI is InChI=1S/C11H14BrNS/c1-11(2)7-14-10(13-11)8-3-5-9(12)6-4-8/h3-6,10,13H,7H2,1-2H3. The first-order chi connectivity index (χ1) is 6.57. The van der Waals surface area contributed by atoms with E-state index >= 15 is 0 Å². The van der Waals surface area contributed by atoms with Gasteiger partial charge >= 0.3 is 0 Å². The molecule has 0 aromatic heterocycles. The van der Waals surface area contributed by atoms with Crippen LogP contribution in [-0.2, 0) is 0 Å². The van der Waals surface area contributed by atoms with Crippen LogP contribution in [0.25, 0.3) is 0 Å². The first kappa shape index (κ1) is 10.5. The molecule has 0 bridgehead atoms. The van der Waals surface area contributed by atoms with Gasteiger partial charge < -0.3 is 0 Å². The number of halogens is 1. The Morgan fingerprint density at radius 1 is 1.36 bits per heavy atom. The summed E-state index contributed by atoms with van der Waals surface area (Å²) in [5, 5.41) is 4.07. The second kappa shape index (κ2) is 3.87. The normalized spacial score (nSPS) is 25.2. The highest BCUT2D eigenvalue weighted by Gasteiger charge is 2.31. The van der Waals surface area contributed by atoms with Crippen molar-refractivity contribution in [1.29, 1.82) is 0 Å². The zero-order valence-electron chi connectivity index (χ0n) is 8.38. The van der Waals surface area contributed by atoms with Crippen molar-refractivity contribution < 1.29 is 0 Å². The third-order valence-corrected chi connectivity index (χ3v) is 4.45. The molecule has 0 radical (unpaired) electrons. The Balaban J connectivity index is 2.14. The quantitative estimate of drug-likeness (QED) is 0.839. The molecule has 2 rings (SSSR count). The van der Waals surface area contributed by atoms with Crippen LogP contribution in [0.15, 0.2) is 28.7 Å². The summed E-state index contributed by atoms with van der Waals surface area (Å²) in [4.78, 5) is 0. The van der Waals surface area contributed by atoms with Crippen molar-refractivity contribution >= 4 is 27.7 Å². The molecule has 1 aromatic carbocycles. The topological polar surface area (TPSA) is 12.0 Å². The van der Waals surface area contributed by atoms with Gasteiger partial charge in [-0.25, -0.2) is 0 Å². The van der Waals surface area contributed by atoms with Gasteiger partial charge in [-0.2, -0.15) is 0 Å². The van der Waals surface area contributed by atoms with Gasteiger partial charge in [0.15, 0.2) is 0 Å². The van der Waals surface area contributed by atoms with Crippen LogP contribution in [0.2, 0.25) is 0 Å². The fraction of sp³-hybridized carbons (Fsp3) is 0.455. The van der Waals surface area contributed by atoms with Crippen molar-refractivity contribution in [2.45, 2.75) is 24.8 Å². The third kappa shape index (κ3) is 2.33. The fourth-order valence-electron chi connectivity index (χ4n) is 1.55. The van der Waals surface area contributed by atoms with Crippen LogP contribution < -0.4 is 5.32 Å². The molecule has 0 spiro atoms. The lowest BCUT2D eigenvalue weighted by Crippen LogP contribution is -2.35. The van der Waals surface area contributed by atoms with Gasteiger partial charge in [0.25, 0.3) is 0 Å². The van der Waals surface area contributed by atoms with E-state index in [0.717, 1.165) is 4.47 Å². The SMILES string of the molecule is CC1(C)CSC(c2ccc(Br)cc2)N1. The number of hydrogen-bond donors (Lipinski definition) is 1. The first-order valence-corrected chi connectivity index (χ1v) is 6.56. The van der Waals surface area contributed by atoms with Gasteiger partial charge in [-0.05, 0) is 31.5 Å². The van der Waals surface area contributed by atoms with Gasteiger partial charge in [-0.3, -0.25) is 5.32 Å². The van der Waals surface area contributed by atoms with Crippen molar-refractivity contribution in [3.05, 3.63) is 34.3 Å². The smallest absolute Gasteiger partial charge is 0.0794 e. The zero-order valence-corrected chi connectivity index (χ0v) is 10.8. The molecule has 76 valence electrons. The van der Waals surface area contributed by atoms with Gasteiger partial charge in [0.1, 0.15) is 0 Å². The van der Waals surface area contributed by atoms with Crippen molar-refractivity contribution in [1.82, 2.24) is 5.32 Å². The molecule has 0 saturated carbocycles. The molecule has 1 unspecified atom stereocenters. The highest BCUT2D eigenvalue weighted by Crippen LogP contribution is 2.37. The molecule has 1 atom stereocenters. The Morgan fingerprint density at radius 2 is 2.00 bits per heavy atom. The minimum atomic E-state index is 0.266. The largest absolute Gasteiger partial charge is 0.296 e. The van der Waals surface area contributed by atoms with E-state index in [4.69, 9.17) is 0 Å². The molecule has 3 heteroatoms. The molecular formula is C11H14BrNS. The van der Waals surface area contributed by atoms with Gasteiger partial charge in [0.2, 0.25) is 0 Å². The van der Waals surface area contributed by atoms with Gasteiger partial charge in [-0.15, -0.1) is 11.8 Å². The molecular weight excluding hydrogens is 258 g/mol. The minimum Gasteiger partial charge on any atom is -0.296 e. The molecule has 1 N–H and O–H groups in total. The lowest BCUT2D eigenvalue weighted by molar-refractivity contribution is 0.452. The van der Waals surface area contributed by atoms with Crippen LogP contribution in [-0.4, -0.2) is 11.3 Å². The summed E-state index contributed by atoms with van der Waals surface area (Å²) in [5.74, 6) is 1.17. The molecule has 14 heavy (non-hydrogen) atoms. The maximum absolute atomic E-state index is 3.61. The average Bonchev–Trinajstić information content (AvgIpc) is 2.47. The zero-order chi connectivity index (χ0) is 10.2. The van der Waals surface area contributed by atoms with Crippen LogP contribution in [0.1, 0.15) is 24.8 Å². The van der Waals surface area contributed by atoms with Crippen LogP contribution in [0.5, 0.6) is 0 Å². The van der Waals surface area contributed by atoms with Gasteiger partial charge in [-0.1, -0.05) is 28.1 Å². The lowest BCUT2D eigenvalue weighted by Gasteiger charge is -2.18. The molecule has 1 aliphatic rings. The van der Waals surface area contributed by atoms with E-state index in [2.05, 4.69) is 59.4 Å². The van der Waals surface area contributed by atoms with Crippen molar-refractivity contribution in [3.63, 3.8) is 0 Å². The van der Waals surface area contributed by atoms with E-state index < -0.39 is 0 Å². The van der Waals surface area contributed by atoms with E-state index in [1.54, 1.807) is 0 Å². The molecule has 1 saturated heterocycles. The van der Waals surface area contributed by atoms with Crippen LogP contribution in [0, 0.1) is 0 Å². The molecule has 1 nitrogen and oxygen atoms in total. The summed E-state index contributed by atoms with van der Waals surface area (Å²) in [7, 11) is 0. The molecule has 1 aliphatic heterocycles. The van der Waals surface area contributed by atoms with Crippen LogP contribution in [0.3, 0.4) is 0 Å². The van der Waals surface area contributed by atoms with Crippen molar-refractivity contribution in [2.24, 2.45) is 0 Å². The summed E-state index contributed by atoms with van der Waals surface area (Å²) in [6, 6.07) is 8.55. The van der Waals surface area contributed by atoms with Crippen LogP contribution >= 0.6 is 27.7 Å². The average molecular weight is 272 g/mol. The lowest BCUT2D eigenvalue weighted by atomic mass is 10.1. The van der Waals surface area contributed by atoms with Crippen molar-refractivity contribution in [3.8, 4) is 0 Å². The van der Waals surface area contributed by atoms with E-state index in [9.17, 15) is 0 Å². The minimum absolute atomic E-state index is 0.266. The fourth-order valence-corrected chi connectivity index (χ4v) is 3.23. The highest BCUT2D eigenvalue weighted by atomic mass is 79.9. The van der Waals surface area contributed by atoms with Gasteiger partial charge in [0, 0.05) is 15.8 Å². The second-order valence-electron chi connectivity index (χ2n) is 4.27. The van der Waals surface area contributed by atoms with E-state index in [1.807, 2.05) is 11.8 Å². The van der Waals surface area contributed by atoms with E-state index in [1.165, 1.54) is 11.3 Å².